The molecule has 0 fully saturated rings. The monoisotopic (exact) mass is 205 g/mol. The van der Waals surface area contributed by atoms with E-state index in [0.717, 1.165) is 6.42 Å². The first-order valence-electron chi connectivity index (χ1n) is 5.18. The van der Waals surface area contributed by atoms with Crippen LogP contribution in [0, 0.1) is 0 Å². The summed E-state index contributed by atoms with van der Waals surface area (Å²) in [5.74, 6) is 0. The predicted octanol–water partition coefficient (Wildman–Crippen LogP) is 0.398. The molecule has 0 aliphatic carbocycles. The number of nitrogens with one attached hydrogen (secondary N) is 1. The second kappa shape index (κ2) is 9.40. The van der Waals surface area contributed by atoms with Crippen LogP contribution in [0.3, 0.4) is 0 Å². The lowest BCUT2D eigenvalue weighted by Gasteiger charge is -2.13. The van der Waals surface area contributed by atoms with E-state index in [1.165, 1.54) is 0 Å². The van der Waals surface area contributed by atoms with Crippen LogP contribution in [0.15, 0.2) is 0 Å². The van der Waals surface area contributed by atoms with Crippen molar-refractivity contribution in [2.75, 3.05) is 33.5 Å². The highest BCUT2D eigenvalue weighted by atomic mass is 16.5. The maximum absolute atomic E-state index is 8.86. The van der Waals surface area contributed by atoms with E-state index in [0.29, 0.717) is 19.8 Å². The van der Waals surface area contributed by atoms with Gasteiger partial charge in [0.1, 0.15) is 0 Å². The number of likely N-dealkylation sites (N-methyl/N-ethyl adjacent to an activating group) is 1. The minimum Gasteiger partial charge on any atom is -0.395 e. The van der Waals surface area contributed by atoms with E-state index in [2.05, 4.69) is 5.32 Å². The molecule has 1 atom stereocenters. The first-order valence-corrected chi connectivity index (χ1v) is 5.18. The van der Waals surface area contributed by atoms with Gasteiger partial charge in [0, 0.05) is 12.6 Å². The lowest BCUT2D eigenvalue weighted by Crippen LogP contribution is -2.30. The molecule has 0 spiro atoms. The van der Waals surface area contributed by atoms with E-state index < -0.39 is 0 Å². The van der Waals surface area contributed by atoms with Gasteiger partial charge in [-0.3, -0.25) is 0 Å². The van der Waals surface area contributed by atoms with Crippen LogP contribution in [0.1, 0.15) is 20.3 Å². The third-order valence-electron chi connectivity index (χ3n) is 1.92. The van der Waals surface area contributed by atoms with E-state index in [1.54, 1.807) is 0 Å². The third kappa shape index (κ3) is 8.44. The standard InChI is InChI=1S/C10H23NO3/c1-9(2)14-7-6-13-5-4-10(8-12)11-3/h9-12H,4-8H2,1-3H3. The summed E-state index contributed by atoms with van der Waals surface area (Å²) in [5, 5.41) is 11.9. The van der Waals surface area contributed by atoms with Crippen LogP contribution in [-0.4, -0.2) is 50.7 Å². The number of aliphatic hydroxyl groups excluding tert-OH is 1. The SMILES string of the molecule is CNC(CO)CCOCCOC(C)C. The van der Waals surface area contributed by atoms with Gasteiger partial charge in [0.05, 0.1) is 25.9 Å². The molecule has 0 rings (SSSR count). The summed E-state index contributed by atoms with van der Waals surface area (Å²) in [6, 6.07) is 0.140. The number of rotatable bonds is 9. The molecule has 0 radical (unpaired) electrons. The Labute approximate surface area is 86.6 Å². The molecule has 0 aromatic heterocycles. The highest BCUT2D eigenvalue weighted by Crippen LogP contribution is 1.92. The van der Waals surface area contributed by atoms with E-state index in [1.807, 2.05) is 20.9 Å². The van der Waals surface area contributed by atoms with Crippen LogP contribution < -0.4 is 5.32 Å². The van der Waals surface area contributed by atoms with Crippen LogP contribution in [0.4, 0.5) is 0 Å². The van der Waals surface area contributed by atoms with Gasteiger partial charge in [-0.05, 0) is 27.3 Å². The molecular formula is C10H23NO3. The zero-order valence-electron chi connectivity index (χ0n) is 9.45. The van der Waals surface area contributed by atoms with Crippen molar-refractivity contribution in [1.29, 1.82) is 0 Å². The summed E-state index contributed by atoms with van der Waals surface area (Å²) in [6.45, 7) is 6.09. The van der Waals surface area contributed by atoms with Crippen molar-refractivity contribution >= 4 is 0 Å². The van der Waals surface area contributed by atoms with Crippen LogP contribution in [-0.2, 0) is 9.47 Å². The minimum atomic E-state index is 0.140. The van der Waals surface area contributed by atoms with Crippen LogP contribution in [0.2, 0.25) is 0 Å². The first-order chi connectivity index (χ1) is 6.70. The van der Waals surface area contributed by atoms with Gasteiger partial charge in [-0.1, -0.05) is 0 Å². The van der Waals surface area contributed by atoms with Gasteiger partial charge in [-0.15, -0.1) is 0 Å². The lowest BCUT2D eigenvalue weighted by atomic mass is 10.2. The molecule has 2 N–H and O–H groups in total. The summed E-state index contributed by atoms with van der Waals surface area (Å²) >= 11 is 0. The van der Waals surface area contributed by atoms with Crippen molar-refractivity contribution in [2.24, 2.45) is 0 Å². The van der Waals surface area contributed by atoms with E-state index in [4.69, 9.17) is 14.6 Å². The first kappa shape index (κ1) is 13.8. The zero-order chi connectivity index (χ0) is 10.8. The second-order valence-electron chi connectivity index (χ2n) is 3.49. The molecule has 0 saturated carbocycles. The average Bonchev–Trinajstić information content (AvgIpc) is 2.16. The smallest absolute Gasteiger partial charge is 0.0703 e. The van der Waals surface area contributed by atoms with Gasteiger partial charge < -0.3 is 19.9 Å². The summed E-state index contributed by atoms with van der Waals surface area (Å²) in [4.78, 5) is 0. The van der Waals surface area contributed by atoms with Gasteiger partial charge in [-0.2, -0.15) is 0 Å². The van der Waals surface area contributed by atoms with Crippen LogP contribution >= 0.6 is 0 Å². The molecule has 1 unspecified atom stereocenters. The van der Waals surface area contributed by atoms with E-state index in [9.17, 15) is 0 Å². The highest BCUT2D eigenvalue weighted by Gasteiger charge is 2.02. The number of aliphatic hydroxyl groups is 1. The number of hydrogen-bond donors (Lipinski definition) is 2. The van der Waals surface area contributed by atoms with Gasteiger partial charge in [-0.25, -0.2) is 0 Å². The van der Waals surface area contributed by atoms with Crippen molar-refractivity contribution in [3.63, 3.8) is 0 Å². The van der Waals surface area contributed by atoms with Crippen molar-refractivity contribution < 1.29 is 14.6 Å². The van der Waals surface area contributed by atoms with Gasteiger partial charge >= 0.3 is 0 Å². The molecule has 0 bridgehead atoms. The maximum atomic E-state index is 8.86. The highest BCUT2D eigenvalue weighted by molar-refractivity contribution is 4.60. The van der Waals surface area contributed by atoms with E-state index >= 15 is 0 Å². The zero-order valence-corrected chi connectivity index (χ0v) is 9.45. The average molecular weight is 205 g/mol. The molecule has 0 amide bonds. The fourth-order valence-electron chi connectivity index (χ4n) is 0.997. The normalized spacial score (nSPS) is 13.5. The largest absolute Gasteiger partial charge is 0.395 e. The van der Waals surface area contributed by atoms with Crippen molar-refractivity contribution in [2.45, 2.75) is 32.4 Å². The Morgan fingerprint density at radius 1 is 1.21 bits per heavy atom. The Morgan fingerprint density at radius 3 is 2.43 bits per heavy atom. The Morgan fingerprint density at radius 2 is 1.93 bits per heavy atom. The molecule has 0 aliphatic rings. The predicted molar refractivity (Wildman–Crippen MR) is 56.5 cm³/mol. The van der Waals surface area contributed by atoms with E-state index in [-0.39, 0.29) is 18.8 Å². The Balaban J connectivity index is 3.12. The quantitative estimate of drug-likeness (QED) is 0.535. The molecular weight excluding hydrogens is 182 g/mol. The Hall–Kier alpha value is -0.160. The topological polar surface area (TPSA) is 50.7 Å². The molecule has 14 heavy (non-hydrogen) atoms. The fraction of sp³-hybridized carbons (Fsp3) is 1.00. The molecule has 0 aromatic carbocycles. The molecule has 86 valence electrons. The summed E-state index contributed by atoms with van der Waals surface area (Å²) in [7, 11) is 1.84. The molecule has 4 heteroatoms. The Bertz CT molecular complexity index is 116. The number of ether oxygens (including phenoxy) is 2. The van der Waals surface area contributed by atoms with Crippen LogP contribution in [0.5, 0.6) is 0 Å². The molecule has 0 aliphatic heterocycles. The summed E-state index contributed by atoms with van der Waals surface area (Å²) in [5.41, 5.74) is 0. The van der Waals surface area contributed by atoms with Gasteiger partial charge in [0.25, 0.3) is 0 Å². The van der Waals surface area contributed by atoms with Crippen molar-refractivity contribution in [3.8, 4) is 0 Å². The van der Waals surface area contributed by atoms with Gasteiger partial charge in [0.15, 0.2) is 0 Å². The van der Waals surface area contributed by atoms with Crippen LogP contribution in [0.25, 0.3) is 0 Å². The molecule has 0 saturated heterocycles. The van der Waals surface area contributed by atoms with Gasteiger partial charge in [0.2, 0.25) is 0 Å². The molecule has 0 heterocycles. The fourth-order valence-corrected chi connectivity index (χ4v) is 0.997. The summed E-state index contributed by atoms with van der Waals surface area (Å²) < 4.78 is 10.7. The second-order valence-corrected chi connectivity index (χ2v) is 3.49. The lowest BCUT2D eigenvalue weighted by molar-refractivity contribution is 0.0164. The maximum Gasteiger partial charge on any atom is 0.0703 e. The number of hydrogen-bond acceptors (Lipinski definition) is 4. The minimum absolute atomic E-state index is 0.140. The van der Waals surface area contributed by atoms with Crippen molar-refractivity contribution in [1.82, 2.24) is 5.32 Å². The molecule has 0 aromatic rings. The third-order valence-corrected chi connectivity index (χ3v) is 1.92. The van der Waals surface area contributed by atoms with Crippen molar-refractivity contribution in [3.05, 3.63) is 0 Å². The Kier molecular flexibility index (Phi) is 9.29. The molecule has 4 nitrogen and oxygen atoms in total. The summed E-state index contributed by atoms with van der Waals surface area (Å²) in [6.07, 6.45) is 1.09.